The number of amides is 1. The first-order valence-corrected chi connectivity index (χ1v) is 7.75. The molecular weight excluding hydrogens is 336 g/mol. The molecule has 0 radical (unpaired) electrons. The van der Waals surface area contributed by atoms with Gasteiger partial charge in [-0.2, -0.15) is 0 Å². The number of piperidine rings is 1. The van der Waals surface area contributed by atoms with Crippen molar-refractivity contribution in [3.05, 3.63) is 28.2 Å². The van der Waals surface area contributed by atoms with Gasteiger partial charge in [-0.05, 0) is 24.6 Å². The zero-order valence-electron chi connectivity index (χ0n) is 12.3. The Bertz CT molecular complexity index is 510. The van der Waals surface area contributed by atoms with Crippen LogP contribution in [0, 0.1) is 0 Å². The topological polar surface area (TPSA) is 64.8 Å². The lowest BCUT2D eigenvalue weighted by atomic mass is 9.90. The highest BCUT2D eigenvalue weighted by Crippen LogP contribution is 2.37. The van der Waals surface area contributed by atoms with Crippen LogP contribution < -0.4 is 10.5 Å². The van der Waals surface area contributed by atoms with Gasteiger partial charge in [-0.3, -0.25) is 4.79 Å². The van der Waals surface area contributed by atoms with Gasteiger partial charge in [0.2, 0.25) is 5.91 Å². The van der Waals surface area contributed by atoms with Crippen molar-refractivity contribution in [2.45, 2.75) is 24.9 Å². The van der Waals surface area contributed by atoms with Crippen molar-refractivity contribution in [2.75, 3.05) is 27.4 Å². The van der Waals surface area contributed by atoms with Crippen molar-refractivity contribution in [2.24, 2.45) is 5.73 Å². The number of benzene rings is 1. The van der Waals surface area contributed by atoms with E-state index in [1.807, 2.05) is 23.1 Å². The number of hydrogen-bond donors (Lipinski definition) is 1. The Morgan fingerprint density at radius 1 is 1.43 bits per heavy atom. The maximum absolute atomic E-state index is 12.3. The zero-order valence-corrected chi connectivity index (χ0v) is 13.9. The molecule has 2 atom stereocenters. The van der Waals surface area contributed by atoms with Crippen molar-refractivity contribution in [3.63, 3.8) is 0 Å². The van der Waals surface area contributed by atoms with E-state index in [0.29, 0.717) is 26.0 Å². The van der Waals surface area contributed by atoms with E-state index in [0.717, 1.165) is 15.8 Å². The Morgan fingerprint density at radius 2 is 2.19 bits per heavy atom. The van der Waals surface area contributed by atoms with Crippen molar-refractivity contribution < 1.29 is 14.3 Å². The minimum atomic E-state index is -0.186. The lowest BCUT2D eigenvalue weighted by molar-refractivity contribution is -0.138. The molecule has 1 aromatic carbocycles. The number of methoxy groups -OCH3 is 2. The highest BCUT2D eigenvalue weighted by molar-refractivity contribution is 9.10. The molecule has 0 bridgehead atoms. The third-order valence-corrected chi connectivity index (χ3v) is 4.29. The van der Waals surface area contributed by atoms with E-state index >= 15 is 0 Å². The van der Waals surface area contributed by atoms with Crippen LogP contribution in [-0.2, 0) is 9.53 Å². The molecule has 2 N–H and O–H groups in total. The third kappa shape index (κ3) is 3.56. The summed E-state index contributed by atoms with van der Waals surface area (Å²) in [4.78, 5) is 14.1. The Hall–Kier alpha value is -1.11. The fourth-order valence-corrected chi connectivity index (χ4v) is 3.14. The van der Waals surface area contributed by atoms with E-state index in [1.165, 1.54) is 0 Å². The summed E-state index contributed by atoms with van der Waals surface area (Å²) in [6, 6.07) is 5.48. The standard InChI is InChI=1S/C15H21BrN2O3/c1-20-8-7-18-14(19)6-4-12(17)15(18)11-9-10(16)3-5-13(11)21-2/h3,5,9,12,15H,4,6-8,17H2,1-2H3. The van der Waals surface area contributed by atoms with Crippen molar-refractivity contribution in [3.8, 4) is 5.75 Å². The molecule has 1 aliphatic rings. The Labute approximate surface area is 133 Å². The second kappa shape index (κ2) is 7.24. The molecule has 1 fully saturated rings. The normalized spacial score (nSPS) is 22.5. The van der Waals surface area contributed by atoms with E-state index in [-0.39, 0.29) is 18.0 Å². The monoisotopic (exact) mass is 356 g/mol. The lowest BCUT2D eigenvalue weighted by Crippen LogP contribution is -2.49. The van der Waals surface area contributed by atoms with Crippen LogP contribution in [0.15, 0.2) is 22.7 Å². The lowest BCUT2D eigenvalue weighted by Gasteiger charge is -2.40. The first-order valence-electron chi connectivity index (χ1n) is 6.96. The van der Waals surface area contributed by atoms with E-state index < -0.39 is 0 Å². The molecule has 6 heteroatoms. The number of nitrogens with two attached hydrogens (primary N) is 1. The molecule has 5 nitrogen and oxygen atoms in total. The first kappa shape index (κ1) is 16.3. The van der Waals surface area contributed by atoms with Crippen LogP contribution in [0.1, 0.15) is 24.4 Å². The summed E-state index contributed by atoms with van der Waals surface area (Å²) in [5.74, 6) is 0.858. The van der Waals surface area contributed by atoms with Crippen molar-refractivity contribution in [1.82, 2.24) is 4.90 Å². The predicted octanol–water partition coefficient (Wildman–Crippen LogP) is 2.09. The summed E-state index contributed by atoms with van der Waals surface area (Å²) in [5.41, 5.74) is 7.24. The fraction of sp³-hybridized carbons (Fsp3) is 0.533. The molecule has 1 saturated heterocycles. The summed E-state index contributed by atoms with van der Waals surface area (Å²) < 4.78 is 11.5. The number of hydrogen-bond acceptors (Lipinski definition) is 4. The van der Waals surface area contributed by atoms with Gasteiger partial charge in [-0.25, -0.2) is 0 Å². The van der Waals surface area contributed by atoms with Crippen LogP contribution in [-0.4, -0.2) is 44.2 Å². The van der Waals surface area contributed by atoms with Crippen LogP contribution in [0.25, 0.3) is 0 Å². The molecule has 21 heavy (non-hydrogen) atoms. The van der Waals surface area contributed by atoms with E-state index in [2.05, 4.69) is 15.9 Å². The fourth-order valence-electron chi connectivity index (χ4n) is 2.77. The summed E-state index contributed by atoms with van der Waals surface area (Å²) in [6.45, 7) is 1.02. The zero-order chi connectivity index (χ0) is 15.4. The van der Waals surface area contributed by atoms with Crippen LogP contribution in [0.4, 0.5) is 0 Å². The largest absolute Gasteiger partial charge is 0.496 e. The minimum Gasteiger partial charge on any atom is -0.496 e. The van der Waals surface area contributed by atoms with Gasteiger partial charge in [0.15, 0.2) is 0 Å². The Balaban J connectivity index is 2.40. The average molecular weight is 357 g/mol. The summed E-state index contributed by atoms with van der Waals surface area (Å²) >= 11 is 3.48. The smallest absolute Gasteiger partial charge is 0.223 e. The van der Waals surface area contributed by atoms with Gasteiger partial charge >= 0.3 is 0 Å². The Kier molecular flexibility index (Phi) is 5.61. The summed E-state index contributed by atoms with van der Waals surface area (Å²) in [6.07, 6.45) is 1.17. The third-order valence-electron chi connectivity index (χ3n) is 3.80. The maximum Gasteiger partial charge on any atom is 0.223 e. The number of halogens is 1. The van der Waals surface area contributed by atoms with Gasteiger partial charge in [0.1, 0.15) is 5.75 Å². The first-order chi connectivity index (χ1) is 10.1. The van der Waals surface area contributed by atoms with Gasteiger partial charge in [0.25, 0.3) is 0 Å². The molecule has 1 amide bonds. The quantitative estimate of drug-likeness (QED) is 0.877. The van der Waals surface area contributed by atoms with Crippen LogP contribution in [0.2, 0.25) is 0 Å². The number of ether oxygens (including phenoxy) is 2. The molecule has 116 valence electrons. The number of carbonyl (C=O) groups excluding carboxylic acids is 1. The molecule has 0 saturated carbocycles. The average Bonchev–Trinajstić information content (AvgIpc) is 2.48. The van der Waals surface area contributed by atoms with Crippen LogP contribution >= 0.6 is 15.9 Å². The molecule has 1 aliphatic heterocycles. The minimum absolute atomic E-state index is 0.109. The molecule has 0 aromatic heterocycles. The van der Waals surface area contributed by atoms with E-state index in [1.54, 1.807) is 14.2 Å². The molecule has 2 unspecified atom stereocenters. The van der Waals surface area contributed by atoms with E-state index in [9.17, 15) is 4.79 Å². The van der Waals surface area contributed by atoms with Gasteiger partial charge in [0, 0.05) is 36.2 Å². The molecule has 0 spiro atoms. The Morgan fingerprint density at radius 3 is 2.86 bits per heavy atom. The van der Waals surface area contributed by atoms with Crippen molar-refractivity contribution in [1.29, 1.82) is 0 Å². The maximum atomic E-state index is 12.3. The van der Waals surface area contributed by atoms with Crippen molar-refractivity contribution >= 4 is 21.8 Å². The van der Waals surface area contributed by atoms with Gasteiger partial charge in [-0.1, -0.05) is 15.9 Å². The molecular formula is C15H21BrN2O3. The molecule has 1 aromatic rings. The predicted molar refractivity (Wildman–Crippen MR) is 84.2 cm³/mol. The second-order valence-electron chi connectivity index (χ2n) is 5.11. The number of rotatable bonds is 5. The highest BCUT2D eigenvalue weighted by atomic mass is 79.9. The molecule has 0 aliphatic carbocycles. The SMILES string of the molecule is COCCN1C(=O)CCC(N)C1c1cc(Br)ccc1OC. The number of nitrogens with zero attached hydrogens (tertiary/aromatic N) is 1. The van der Waals surface area contributed by atoms with Gasteiger partial charge in [-0.15, -0.1) is 0 Å². The van der Waals surface area contributed by atoms with Gasteiger partial charge < -0.3 is 20.1 Å². The van der Waals surface area contributed by atoms with Crippen LogP contribution in [0.3, 0.4) is 0 Å². The van der Waals surface area contributed by atoms with Crippen LogP contribution in [0.5, 0.6) is 5.75 Å². The van der Waals surface area contributed by atoms with Gasteiger partial charge in [0.05, 0.1) is 19.8 Å². The molecule has 2 rings (SSSR count). The number of carbonyl (C=O) groups is 1. The van der Waals surface area contributed by atoms with E-state index in [4.69, 9.17) is 15.2 Å². The number of likely N-dealkylation sites (tertiary alicyclic amines) is 1. The second-order valence-corrected chi connectivity index (χ2v) is 6.03. The molecule has 1 heterocycles. The summed E-state index contributed by atoms with van der Waals surface area (Å²) in [5, 5.41) is 0. The highest BCUT2D eigenvalue weighted by Gasteiger charge is 2.36. The summed E-state index contributed by atoms with van der Waals surface area (Å²) in [7, 11) is 3.26.